The topological polar surface area (TPSA) is 56.6 Å². The first-order valence-electron chi connectivity index (χ1n) is 8.91. The first-order chi connectivity index (χ1) is 12.8. The van der Waals surface area contributed by atoms with Gasteiger partial charge in [-0.1, -0.05) is 12.1 Å². The van der Waals surface area contributed by atoms with E-state index in [0.29, 0.717) is 12.3 Å². The monoisotopic (exact) mass is 349 g/mol. The number of carbonyl (C=O) groups is 1. The quantitative estimate of drug-likeness (QED) is 0.566. The number of hydrogen-bond donors (Lipinski definition) is 0. The lowest BCUT2D eigenvalue weighted by atomic mass is 10.1. The van der Waals surface area contributed by atoms with E-state index in [2.05, 4.69) is 9.88 Å². The van der Waals surface area contributed by atoms with E-state index in [9.17, 15) is 4.79 Å². The highest BCUT2D eigenvalue weighted by Crippen LogP contribution is 2.42. The summed E-state index contributed by atoms with van der Waals surface area (Å²) in [5.74, 6) is 0.661. The van der Waals surface area contributed by atoms with Crippen molar-refractivity contribution in [3.05, 3.63) is 48.3 Å². The third-order valence-electron chi connectivity index (χ3n) is 5.03. The number of hydrogen-bond acceptors (Lipinski definition) is 5. The zero-order valence-electron chi connectivity index (χ0n) is 14.4. The van der Waals surface area contributed by atoms with Gasteiger partial charge in [0.2, 0.25) is 0 Å². The summed E-state index contributed by atoms with van der Waals surface area (Å²) in [6, 6.07) is 11.6. The van der Waals surface area contributed by atoms with Crippen molar-refractivity contribution in [2.75, 3.05) is 39.5 Å². The van der Waals surface area contributed by atoms with Gasteiger partial charge in [-0.3, -0.25) is 14.3 Å². The fourth-order valence-corrected chi connectivity index (χ4v) is 3.70. The summed E-state index contributed by atoms with van der Waals surface area (Å²) in [6.07, 6.45) is 1.78. The predicted octanol–water partition coefficient (Wildman–Crippen LogP) is 2.42. The first kappa shape index (κ1) is 15.5. The van der Waals surface area contributed by atoms with Gasteiger partial charge in [-0.15, -0.1) is 0 Å². The summed E-state index contributed by atoms with van der Waals surface area (Å²) in [7, 11) is 0. The Morgan fingerprint density at radius 1 is 1.12 bits per heavy atom. The molecule has 132 valence electrons. The molecule has 0 bridgehead atoms. The third-order valence-corrected chi connectivity index (χ3v) is 5.03. The summed E-state index contributed by atoms with van der Waals surface area (Å²) >= 11 is 0. The molecule has 26 heavy (non-hydrogen) atoms. The summed E-state index contributed by atoms with van der Waals surface area (Å²) in [5, 5.41) is 0.940. The fraction of sp³-hybridized carbons (Fsp3) is 0.300. The Hall–Kier alpha value is -2.70. The molecule has 2 aliphatic rings. The van der Waals surface area contributed by atoms with E-state index >= 15 is 0 Å². The van der Waals surface area contributed by atoms with Crippen molar-refractivity contribution in [3.8, 4) is 17.0 Å². The van der Waals surface area contributed by atoms with Crippen molar-refractivity contribution in [1.29, 1.82) is 0 Å². The summed E-state index contributed by atoms with van der Waals surface area (Å²) in [5.41, 5.74) is 2.91. The Morgan fingerprint density at radius 3 is 2.85 bits per heavy atom. The third kappa shape index (κ3) is 2.41. The van der Waals surface area contributed by atoms with Crippen LogP contribution in [0, 0.1) is 0 Å². The average Bonchev–Trinajstić information content (AvgIpc) is 3.25. The number of ether oxygens (including phenoxy) is 2. The summed E-state index contributed by atoms with van der Waals surface area (Å²) in [4.78, 5) is 19.6. The molecular formula is C20H19N3O3. The van der Waals surface area contributed by atoms with E-state index in [1.807, 2.05) is 36.4 Å². The summed E-state index contributed by atoms with van der Waals surface area (Å²) in [6.45, 7) is 4.81. The fourth-order valence-electron chi connectivity index (χ4n) is 3.70. The van der Waals surface area contributed by atoms with Crippen LogP contribution in [-0.2, 0) is 4.74 Å². The van der Waals surface area contributed by atoms with Gasteiger partial charge in [0.1, 0.15) is 18.1 Å². The van der Waals surface area contributed by atoms with Crippen LogP contribution < -0.4 is 4.74 Å². The number of rotatable bonds is 4. The van der Waals surface area contributed by atoms with Crippen LogP contribution in [0.15, 0.2) is 42.6 Å². The summed E-state index contributed by atoms with van der Waals surface area (Å²) < 4.78 is 13.3. The second-order valence-electron chi connectivity index (χ2n) is 6.55. The Kier molecular flexibility index (Phi) is 3.72. The number of nitrogens with zero attached hydrogens (tertiary/aromatic N) is 3. The molecule has 0 saturated carbocycles. The lowest BCUT2D eigenvalue weighted by Gasteiger charge is -2.26. The van der Waals surface area contributed by atoms with E-state index in [1.54, 1.807) is 10.8 Å². The van der Waals surface area contributed by atoms with Crippen LogP contribution in [0.5, 0.6) is 5.75 Å². The van der Waals surface area contributed by atoms with Crippen LogP contribution >= 0.6 is 0 Å². The van der Waals surface area contributed by atoms with Crippen LogP contribution in [0.1, 0.15) is 10.5 Å². The number of benzene rings is 1. The molecule has 0 spiro atoms. The van der Waals surface area contributed by atoms with Gasteiger partial charge < -0.3 is 9.47 Å². The molecular weight excluding hydrogens is 330 g/mol. The molecule has 0 unspecified atom stereocenters. The highest BCUT2D eigenvalue weighted by atomic mass is 16.5. The molecule has 6 nitrogen and oxygen atoms in total. The SMILES string of the molecule is O=C1c2nc3ccccc3c(OCCN3CCOCC3)c2-c2cccn21. The average molecular weight is 349 g/mol. The number of para-hydroxylation sites is 1. The van der Waals surface area contributed by atoms with Gasteiger partial charge in [0.25, 0.3) is 5.91 Å². The molecule has 0 amide bonds. The van der Waals surface area contributed by atoms with Gasteiger partial charge in [-0.2, -0.15) is 0 Å². The minimum Gasteiger partial charge on any atom is -0.491 e. The number of fused-ring (bicyclic) bond motifs is 4. The maximum atomic E-state index is 12.7. The standard InChI is InChI=1S/C20H19N3O3/c24-20-18-17(16-6-3-7-23(16)20)19(14-4-1-2-5-15(14)21-18)26-13-10-22-8-11-25-12-9-22/h1-7H,8-13H2. The number of carbonyl (C=O) groups excluding carboxylic acids is 1. The largest absolute Gasteiger partial charge is 0.491 e. The predicted molar refractivity (Wildman–Crippen MR) is 97.7 cm³/mol. The van der Waals surface area contributed by atoms with Crippen molar-refractivity contribution in [1.82, 2.24) is 14.5 Å². The molecule has 4 heterocycles. The van der Waals surface area contributed by atoms with Crippen LogP contribution in [-0.4, -0.2) is 59.8 Å². The zero-order valence-corrected chi connectivity index (χ0v) is 14.4. The van der Waals surface area contributed by atoms with E-state index < -0.39 is 0 Å². The zero-order chi connectivity index (χ0) is 17.5. The van der Waals surface area contributed by atoms with Crippen LogP contribution in [0.25, 0.3) is 22.2 Å². The minimum atomic E-state index is -0.0937. The Morgan fingerprint density at radius 2 is 1.96 bits per heavy atom. The van der Waals surface area contributed by atoms with E-state index in [4.69, 9.17) is 9.47 Å². The van der Waals surface area contributed by atoms with E-state index in [1.165, 1.54) is 0 Å². The molecule has 1 saturated heterocycles. The van der Waals surface area contributed by atoms with E-state index in [-0.39, 0.29) is 5.91 Å². The maximum Gasteiger partial charge on any atom is 0.281 e. The number of aromatic nitrogens is 2. The molecule has 3 aromatic rings. The smallest absolute Gasteiger partial charge is 0.281 e. The lowest BCUT2D eigenvalue weighted by molar-refractivity contribution is 0.0323. The van der Waals surface area contributed by atoms with Crippen molar-refractivity contribution < 1.29 is 14.3 Å². The normalized spacial score (nSPS) is 16.7. The van der Waals surface area contributed by atoms with Gasteiger partial charge >= 0.3 is 0 Å². The molecule has 0 N–H and O–H groups in total. The molecule has 0 aliphatic carbocycles. The van der Waals surface area contributed by atoms with Crippen molar-refractivity contribution in [2.45, 2.75) is 0 Å². The van der Waals surface area contributed by atoms with Gasteiger partial charge in [-0.05, 0) is 24.3 Å². The molecule has 1 fully saturated rings. The van der Waals surface area contributed by atoms with Gasteiger partial charge in [-0.25, -0.2) is 4.98 Å². The maximum absolute atomic E-state index is 12.7. The molecule has 6 heteroatoms. The Labute approximate surface area is 151 Å². The van der Waals surface area contributed by atoms with Crippen LogP contribution in [0.4, 0.5) is 0 Å². The Bertz CT molecular complexity index is 989. The van der Waals surface area contributed by atoms with Crippen LogP contribution in [0.2, 0.25) is 0 Å². The molecule has 2 aliphatic heterocycles. The molecule has 1 aromatic carbocycles. The molecule has 0 atom stereocenters. The highest BCUT2D eigenvalue weighted by molar-refractivity contribution is 6.12. The molecule has 2 aromatic heterocycles. The number of pyridine rings is 1. The molecule has 5 rings (SSSR count). The van der Waals surface area contributed by atoms with Crippen molar-refractivity contribution in [3.63, 3.8) is 0 Å². The lowest BCUT2D eigenvalue weighted by Crippen LogP contribution is -2.38. The second-order valence-corrected chi connectivity index (χ2v) is 6.55. The van der Waals surface area contributed by atoms with Crippen molar-refractivity contribution in [2.24, 2.45) is 0 Å². The van der Waals surface area contributed by atoms with Gasteiger partial charge in [0, 0.05) is 31.2 Å². The Balaban J connectivity index is 1.53. The number of morpholine rings is 1. The minimum absolute atomic E-state index is 0.0937. The van der Waals surface area contributed by atoms with Crippen molar-refractivity contribution >= 4 is 16.8 Å². The first-order valence-corrected chi connectivity index (χ1v) is 8.91. The van der Waals surface area contributed by atoms with E-state index in [0.717, 1.165) is 60.8 Å². The molecule has 0 radical (unpaired) electrons. The van der Waals surface area contributed by atoms with Gasteiger partial charge in [0.15, 0.2) is 0 Å². The van der Waals surface area contributed by atoms with Crippen LogP contribution in [0.3, 0.4) is 0 Å². The van der Waals surface area contributed by atoms with Gasteiger partial charge in [0.05, 0.1) is 30.0 Å². The second kappa shape index (κ2) is 6.23. The highest BCUT2D eigenvalue weighted by Gasteiger charge is 2.32.